The van der Waals surface area contributed by atoms with Gasteiger partial charge in [-0.2, -0.15) is 0 Å². The normalized spacial score (nSPS) is 18.2. The van der Waals surface area contributed by atoms with Gasteiger partial charge in [0.15, 0.2) is 0 Å². The number of nitrogens with one attached hydrogen (secondary N) is 1. The van der Waals surface area contributed by atoms with Crippen molar-refractivity contribution < 1.29 is 14.3 Å². The van der Waals surface area contributed by atoms with Crippen LogP contribution in [0.25, 0.3) is 0 Å². The average Bonchev–Trinajstić information content (AvgIpc) is 2.83. The molecule has 0 saturated carbocycles. The second-order valence-electron chi connectivity index (χ2n) is 8.40. The number of H-pyrrole nitrogens is 1. The maximum absolute atomic E-state index is 13.4. The molecule has 0 aliphatic carbocycles. The van der Waals surface area contributed by atoms with Crippen molar-refractivity contribution in [1.29, 1.82) is 0 Å². The summed E-state index contributed by atoms with van der Waals surface area (Å²) >= 11 is 0. The highest BCUT2D eigenvalue weighted by Crippen LogP contribution is 2.32. The first-order valence-corrected chi connectivity index (χ1v) is 11.4. The Kier molecular flexibility index (Phi) is 6.58. The molecule has 8 heteroatoms. The molecule has 0 spiro atoms. The zero-order valence-electron chi connectivity index (χ0n) is 18.7. The van der Waals surface area contributed by atoms with Gasteiger partial charge in [-0.05, 0) is 44.2 Å². The van der Waals surface area contributed by atoms with Gasteiger partial charge in [-0.1, -0.05) is 19.1 Å². The van der Waals surface area contributed by atoms with Gasteiger partial charge in [-0.25, -0.2) is 4.98 Å². The number of benzene rings is 1. The predicted molar refractivity (Wildman–Crippen MR) is 120 cm³/mol. The molecule has 3 heterocycles. The summed E-state index contributed by atoms with van der Waals surface area (Å²) in [5, 5.41) is 0. The lowest BCUT2D eigenvalue weighted by Crippen LogP contribution is -2.42. The van der Waals surface area contributed by atoms with E-state index in [0.29, 0.717) is 60.9 Å². The number of hydrogen-bond donors (Lipinski definition) is 1. The molecule has 0 unspecified atom stereocenters. The van der Waals surface area contributed by atoms with Gasteiger partial charge < -0.3 is 19.5 Å². The first kappa shape index (κ1) is 22.0. The maximum atomic E-state index is 13.4. The van der Waals surface area contributed by atoms with Crippen LogP contribution in [0.3, 0.4) is 0 Å². The molecule has 0 bridgehead atoms. The Morgan fingerprint density at radius 1 is 1.22 bits per heavy atom. The number of likely N-dealkylation sites (tertiary alicyclic amines) is 1. The fourth-order valence-corrected chi connectivity index (χ4v) is 4.64. The molecule has 8 nitrogen and oxygen atoms in total. The Labute approximate surface area is 187 Å². The van der Waals surface area contributed by atoms with Gasteiger partial charge in [-0.3, -0.25) is 14.4 Å². The number of nitrogens with zero attached hydrogens (tertiary/aromatic N) is 3. The Hall–Kier alpha value is -3.16. The van der Waals surface area contributed by atoms with E-state index in [9.17, 15) is 14.4 Å². The number of amides is 2. The van der Waals surface area contributed by atoms with E-state index in [2.05, 4.69) is 4.98 Å². The first-order chi connectivity index (χ1) is 15.5. The third-order valence-corrected chi connectivity index (χ3v) is 6.33. The molecule has 2 aliphatic rings. The van der Waals surface area contributed by atoms with Crippen LogP contribution in [0.2, 0.25) is 0 Å². The lowest BCUT2D eigenvalue weighted by Gasteiger charge is -2.36. The largest absolute Gasteiger partial charge is 0.496 e. The Bertz CT molecular complexity index is 1060. The van der Waals surface area contributed by atoms with Crippen LogP contribution >= 0.6 is 0 Å². The smallest absolute Gasteiger partial charge is 0.258 e. The van der Waals surface area contributed by atoms with Gasteiger partial charge in [0.1, 0.15) is 11.6 Å². The summed E-state index contributed by atoms with van der Waals surface area (Å²) in [4.78, 5) is 50.0. The fraction of sp³-hybridized carbons (Fsp3) is 0.500. The zero-order valence-corrected chi connectivity index (χ0v) is 18.7. The van der Waals surface area contributed by atoms with Crippen LogP contribution < -0.4 is 10.3 Å². The van der Waals surface area contributed by atoms with Crippen molar-refractivity contribution in [3.8, 4) is 5.75 Å². The second kappa shape index (κ2) is 9.54. The van der Waals surface area contributed by atoms with Crippen LogP contribution in [-0.4, -0.2) is 51.8 Å². The van der Waals surface area contributed by atoms with Crippen molar-refractivity contribution in [2.24, 2.45) is 0 Å². The minimum Gasteiger partial charge on any atom is -0.496 e. The molecule has 1 aromatic carbocycles. The number of methoxy groups -OCH3 is 1. The lowest BCUT2D eigenvalue weighted by atomic mass is 9.98. The number of aromatic amines is 1. The molecule has 1 atom stereocenters. The number of aromatic nitrogens is 2. The van der Waals surface area contributed by atoms with E-state index >= 15 is 0 Å². The monoisotopic (exact) mass is 438 g/mol. The summed E-state index contributed by atoms with van der Waals surface area (Å²) in [5.74, 6) is 0.986. The molecule has 1 fully saturated rings. The number of fused-ring (bicyclic) bond motifs is 1. The summed E-state index contributed by atoms with van der Waals surface area (Å²) in [7, 11) is 1.55. The summed E-state index contributed by atoms with van der Waals surface area (Å²) < 4.78 is 5.39. The summed E-state index contributed by atoms with van der Waals surface area (Å²) in [6, 6.07) is 6.86. The molecule has 2 aromatic rings. The third-order valence-electron chi connectivity index (χ3n) is 6.33. The van der Waals surface area contributed by atoms with E-state index in [0.717, 1.165) is 25.7 Å². The van der Waals surface area contributed by atoms with Crippen molar-refractivity contribution in [3.63, 3.8) is 0 Å². The van der Waals surface area contributed by atoms with Gasteiger partial charge in [0.25, 0.3) is 11.5 Å². The minimum absolute atomic E-state index is 0.0902. The van der Waals surface area contributed by atoms with Gasteiger partial charge >= 0.3 is 0 Å². The molecule has 0 radical (unpaired) electrons. The highest BCUT2D eigenvalue weighted by atomic mass is 16.5. The highest BCUT2D eigenvalue weighted by molar-refractivity contribution is 5.97. The van der Waals surface area contributed by atoms with Gasteiger partial charge in [-0.15, -0.1) is 0 Å². The van der Waals surface area contributed by atoms with Crippen LogP contribution in [-0.2, 0) is 17.8 Å². The maximum Gasteiger partial charge on any atom is 0.258 e. The Morgan fingerprint density at radius 3 is 2.81 bits per heavy atom. The number of carbonyl (C=O) groups is 2. The third kappa shape index (κ3) is 4.26. The molecule has 2 amide bonds. The number of carbonyl (C=O) groups excluding carboxylic acids is 2. The number of ether oxygens (including phenoxy) is 1. The van der Waals surface area contributed by atoms with E-state index in [1.807, 2.05) is 19.1 Å². The van der Waals surface area contributed by atoms with Gasteiger partial charge in [0, 0.05) is 25.1 Å². The molecule has 170 valence electrons. The van der Waals surface area contributed by atoms with Crippen molar-refractivity contribution >= 4 is 11.8 Å². The lowest BCUT2D eigenvalue weighted by molar-refractivity contribution is -0.132. The summed E-state index contributed by atoms with van der Waals surface area (Å²) in [6.45, 7) is 3.45. The topological polar surface area (TPSA) is 95.6 Å². The summed E-state index contributed by atoms with van der Waals surface area (Å²) in [6.07, 6.45) is 4.35. The fourth-order valence-electron chi connectivity index (χ4n) is 4.64. The molecular formula is C24H30N4O4. The SMILES string of the molecule is CCCC(=O)N1CCc2c(nc([C@H]3CCCCN3C(=O)c3ccccc3OC)[nH]c2=O)C1. The van der Waals surface area contributed by atoms with E-state index in [-0.39, 0.29) is 23.4 Å². The van der Waals surface area contributed by atoms with E-state index < -0.39 is 0 Å². The summed E-state index contributed by atoms with van der Waals surface area (Å²) in [5.41, 5.74) is 1.63. The van der Waals surface area contributed by atoms with E-state index in [4.69, 9.17) is 9.72 Å². The zero-order chi connectivity index (χ0) is 22.7. The molecule has 1 N–H and O–H groups in total. The minimum atomic E-state index is -0.319. The van der Waals surface area contributed by atoms with Gasteiger partial charge in [0.2, 0.25) is 5.91 Å². The highest BCUT2D eigenvalue weighted by Gasteiger charge is 2.33. The molecule has 4 rings (SSSR count). The van der Waals surface area contributed by atoms with Crippen LogP contribution in [0.15, 0.2) is 29.1 Å². The molecule has 32 heavy (non-hydrogen) atoms. The molecule has 1 saturated heterocycles. The van der Waals surface area contributed by atoms with Crippen LogP contribution in [0, 0.1) is 0 Å². The molecule has 1 aromatic heterocycles. The number of rotatable bonds is 5. The van der Waals surface area contributed by atoms with Crippen LogP contribution in [0.1, 0.15) is 72.5 Å². The number of para-hydroxylation sites is 1. The molecular weight excluding hydrogens is 408 g/mol. The van der Waals surface area contributed by atoms with Crippen molar-refractivity contribution in [3.05, 3.63) is 57.3 Å². The average molecular weight is 439 g/mol. The van der Waals surface area contributed by atoms with E-state index in [1.165, 1.54) is 0 Å². The molecule has 2 aliphatic heterocycles. The predicted octanol–water partition coefficient (Wildman–Crippen LogP) is 2.83. The standard InChI is InChI=1S/C24H30N4O4/c1-3-8-21(29)27-14-12-16-18(15-27)25-22(26-23(16)30)19-10-6-7-13-28(19)24(31)17-9-4-5-11-20(17)32-2/h4-5,9,11,19H,3,6-8,10,12-15H2,1-2H3,(H,25,26,30)/t19-/m1/s1. The van der Waals surface area contributed by atoms with Crippen molar-refractivity contribution in [2.75, 3.05) is 20.2 Å². The Morgan fingerprint density at radius 2 is 2.03 bits per heavy atom. The number of hydrogen-bond acceptors (Lipinski definition) is 5. The van der Waals surface area contributed by atoms with Crippen LogP contribution in [0.5, 0.6) is 5.75 Å². The quantitative estimate of drug-likeness (QED) is 0.775. The van der Waals surface area contributed by atoms with Crippen molar-refractivity contribution in [2.45, 2.75) is 58.0 Å². The second-order valence-corrected chi connectivity index (χ2v) is 8.40. The van der Waals surface area contributed by atoms with Crippen molar-refractivity contribution in [1.82, 2.24) is 19.8 Å². The van der Waals surface area contributed by atoms with Gasteiger partial charge in [0.05, 0.1) is 31.0 Å². The van der Waals surface area contributed by atoms with Crippen LogP contribution in [0.4, 0.5) is 0 Å². The first-order valence-electron chi connectivity index (χ1n) is 11.4. The Balaban J connectivity index is 1.65. The van der Waals surface area contributed by atoms with E-state index in [1.54, 1.807) is 29.0 Å². The number of piperidine rings is 1.